The van der Waals surface area contributed by atoms with Crippen LogP contribution < -0.4 is 10.1 Å². The molecule has 1 aromatic heterocycles. The normalized spacial score (nSPS) is 15.3. The van der Waals surface area contributed by atoms with Crippen LogP contribution in [0.4, 0.5) is 4.79 Å². The van der Waals surface area contributed by atoms with Gasteiger partial charge in [0.25, 0.3) is 0 Å². The highest BCUT2D eigenvalue weighted by Crippen LogP contribution is 2.34. The van der Waals surface area contributed by atoms with E-state index in [9.17, 15) is 9.59 Å². The van der Waals surface area contributed by atoms with Crippen molar-refractivity contribution >= 4 is 23.3 Å². The second kappa shape index (κ2) is 11.2. The monoisotopic (exact) mass is 443 g/mol. The number of carbonyl (C=O) groups is 2. The molecule has 0 saturated heterocycles. The zero-order chi connectivity index (χ0) is 22.2. The molecule has 1 aliphatic rings. The number of para-hydroxylation sites is 1. The SMILES string of the molecule is CCCNC(=O)N(CCC)CC(=O)N1CCc2sccc2C1COc1ccccc1C. The predicted molar refractivity (Wildman–Crippen MR) is 125 cm³/mol. The van der Waals surface area contributed by atoms with Crippen LogP contribution >= 0.6 is 11.3 Å². The number of urea groups is 1. The van der Waals surface area contributed by atoms with Gasteiger partial charge in [0.15, 0.2) is 0 Å². The summed E-state index contributed by atoms with van der Waals surface area (Å²) in [4.78, 5) is 30.7. The van der Waals surface area contributed by atoms with Gasteiger partial charge in [0.2, 0.25) is 5.91 Å². The maximum Gasteiger partial charge on any atom is 0.317 e. The van der Waals surface area contributed by atoms with Gasteiger partial charge in [-0.3, -0.25) is 4.79 Å². The summed E-state index contributed by atoms with van der Waals surface area (Å²) in [6.07, 6.45) is 2.52. The molecule has 2 aromatic rings. The first kappa shape index (κ1) is 23.1. The highest BCUT2D eigenvalue weighted by Gasteiger charge is 2.33. The summed E-state index contributed by atoms with van der Waals surface area (Å²) < 4.78 is 6.15. The van der Waals surface area contributed by atoms with Crippen LogP contribution in [0.1, 0.15) is 48.7 Å². The summed E-state index contributed by atoms with van der Waals surface area (Å²) >= 11 is 1.74. The van der Waals surface area contributed by atoms with Gasteiger partial charge in [-0.15, -0.1) is 11.3 Å². The quantitative estimate of drug-likeness (QED) is 0.625. The smallest absolute Gasteiger partial charge is 0.317 e. The second-order valence-electron chi connectivity index (χ2n) is 7.88. The molecule has 31 heavy (non-hydrogen) atoms. The molecule has 7 heteroatoms. The van der Waals surface area contributed by atoms with Gasteiger partial charge in [-0.1, -0.05) is 32.0 Å². The Bertz CT molecular complexity index is 882. The zero-order valence-corrected chi connectivity index (χ0v) is 19.5. The number of nitrogens with one attached hydrogen (secondary N) is 1. The number of hydrogen-bond acceptors (Lipinski definition) is 4. The van der Waals surface area contributed by atoms with Gasteiger partial charge in [0.1, 0.15) is 18.9 Å². The Morgan fingerprint density at radius 3 is 2.77 bits per heavy atom. The molecule has 1 unspecified atom stereocenters. The highest BCUT2D eigenvalue weighted by atomic mass is 32.1. The summed E-state index contributed by atoms with van der Waals surface area (Å²) in [6.45, 7) is 8.35. The summed E-state index contributed by atoms with van der Waals surface area (Å²) in [5, 5.41) is 4.98. The lowest BCUT2D eigenvalue weighted by Crippen LogP contribution is -2.50. The van der Waals surface area contributed by atoms with E-state index in [1.165, 1.54) is 4.88 Å². The molecule has 1 aliphatic heterocycles. The Hall–Kier alpha value is -2.54. The molecule has 3 rings (SSSR count). The number of hydrogen-bond donors (Lipinski definition) is 1. The molecule has 0 bridgehead atoms. The number of aryl methyl sites for hydroxylation is 1. The van der Waals surface area contributed by atoms with Gasteiger partial charge in [0.05, 0.1) is 6.04 Å². The molecular formula is C24H33N3O3S. The second-order valence-corrected chi connectivity index (χ2v) is 8.88. The average Bonchev–Trinajstić information content (AvgIpc) is 3.25. The van der Waals surface area contributed by atoms with Crippen molar-refractivity contribution < 1.29 is 14.3 Å². The molecule has 3 amide bonds. The Morgan fingerprint density at radius 1 is 1.23 bits per heavy atom. The molecule has 1 N–H and O–H groups in total. The van der Waals surface area contributed by atoms with Crippen molar-refractivity contribution in [3.63, 3.8) is 0 Å². The number of benzene rings is 1. The number of carbonyl (C=O) groups excluding carboxylic acids is 2. The Kier molecular flexibility index (Phi) is 8.35. The van der Waals surface area contributed by atoms with E-state index in [2.05, 4.69) is 16.8 Å². The fraction of sp³-hybridized carbons (Fsp3) is 0.500. The number of thiophene rings is 1. The lowest BCUT2D eigenvalue weighted by atomic mass is 10.0. The van der Waals surface area contributed by atoms with Crippen LogP contribution in [0, 0.1) is 6.92 Å². The number of amides is 3. The number of fused-ring (bicyclic) bond motifs is 1. The zero-order valence-electron chi connectivity index (χ0n) is 18.7. The Labute approximate surface area is 189 Å². The number of ether oxygens (including phenoxy) is 1. The summed E-state index contributed by atoms with van der Waals surface area (Å²) in [7, 11) is 0. The molecule has 0 fully saturated rings. The van der Waals surface area contributed by atoms with E-state index in [1.807, 2.05) is 49.9 Å². The Morgan fingerprint density at radius 2 is 2.03 bits per heavy atom. The molecule has 2 heterocycles. The fourth-order valence-corrected chi connectivity index (χ4v) is 4.81. The van der Waals surface area contributed by atoms with E-state index in [0.29, 0.717) is 26.2 Å². The average molecular weight is 444 g/mol. The molecule has 6 nitrogen and oxygen atoms in total. The van der Waals surface area contributed by atoms with E-state index in [1.54, 1.807) is 16.2 Å². The molecule has 0 saturated carbocycles. The maximum absolute atomic E-state index is 13.3. The van der Waals surface area contributed by atoms with Crippen molar-refractivity contribution in [2.24, 2.45) is 0 Å². The lowest BCUT2D eigenvalue weighted by Gasteiger charge is -2.37. The molecule has 0 radical (unpaired) electrons. The lowest BCUT2D eigenvalue weighted by molar-refractivity contribution is -0.135. The first-order valence-electron chi connectivity index (χ1n) is 11.1. The Balaban J connectivity index is 1.74. The first-order chi connectivity index (χ1) is 15.0. The third-order valence-corrected chi connectivity index (χ3v) is 6.54. The third-order valence-electron chi connectivity index (χ3n) is 5.54. The van der Waals surface area contributed by atoms with Crippen molar-refractivity contribution in [1.82, 2.24) is 15.1 Å². The molecule has 1 atom stereocenters. The molecule has 1 aromatic carbocycles. The van der Waals surface area contributed by atoms with Gasteiger partial charge >= 0.3 is 6.03 Å². The van der Waals surface area contributed by atoms with Gasteiger partial charge in [-0.25, -0.2) is 4.79 Å². The first-order valence-corrected chi connectivity index (χ1v) is 12.0. The van der Waals surface area contributed by atoms with Crippen LogP contribution in [-0.2, 0) is 11.2 Å². The highest BCUT2D eigenvalue weighted by molar-refractivity contribution is 7.10. The number of nitrogens with zero attached hydrogens (tertiary/aromatic N) is 2. The van der Waals surface area contributed by atoms with Crippen LogP contribution in [0.15, 0.2) is 35.7 Å². The van der Waals surface area contributed by atoms with Crippen LogP contribution in [0.25, 0.3) is 0 Å². The largest absolute Gasteiger partial charge is 0.491 e. The minimum atomic E-state index is -0.169. The minimum Gasteiger partial charge on any atom is -0.491 e. The van der Waals surface area contributed by atoms with Crippen LogP contribution in [0.3, 0.4) is 0 Å². The fourth-order valence-electron chi connectivity index (χ4n) is 3.88. The predicted octanol–water partition coefficient (Wildman–Crippen LogP) is 4.39. The summed E-state index contributed by atoms with van der Waals surface area (Å²) in [5.41, 5.74) is 2.24. The van der Waals surface area contributed by atoms with Crippen molar-refractivity contribution in [3.8, 4) is 5.75 Å². The molecular weight excluding hydrogens is 410 g/mol. The maximum atomic E-state index is 13.3. The van der Waals surface area contributed by atoms with E-state index in [4.69, 9.17) is 4.74 Å². The van der Waals surface area contributed by atoms with Crippen molar-refractivity contribution in [1.29, 1.82) is 0 Å². The van der Waals surface area contributed by atoms with Gasteiger partial charge in [-0.2, -0.15) is 0 Å². The van der Waals surface area contributed by atoms with Gasteiger partial charge in [0, 0.05) is 24.5 Å². The van der Waals surface area contributed by atoms with Crippen LogP contribution in [0.2, 0.25) is 0 Å². The minimum absolute atomic E-state index is 0.0321. The van der Waals surface area contributed by atoms with E-state index in [0.717, 1.165) is 36.1 Å². The topological polar surface area (TPSA) is 61.9 Å². The van der Waals surface area contributed by atoms with Crippen molar-refractivity contribution in [2.75, 3.05) is 32.8 Å². The van der Waals surface area contributed by atoms with Gasteiger partial charge in [-0.05, 0) is 54.8 Å². The van der Waals surface area contributed by atoms with Crippen molar-refractivity contribution in [2.45, 2.75) is 46.1 Å². The van der Waals surface area contributed by atoms with Crippen LogP contribution in [0.5, 0.6) is 5.75 Å². The van der Waals surface area contributed by atoms with E-state index < -0.39 is 0 Å². The van der Waals surface area contributed by atoms with Crippen molar-refractivity contribution in [3.05, 3.63) is 51.7 Å². The van der Waals surface area contributed by atoms with E-state index >= 15 is 0 Å². The molecule has 0 spiro atoms. The van der Waals surface area contributed by atoms with E-state index in [-0.39, 0.29) is 24.5 Å². The molecule has 0 aliphatic carbocycles. The summed E-state index contributed by atoms with van der Waals surface area (Å²) in [5.74, 6) is 0.805. The van der Waals surface area contributed by atoms with Gasteiger partial charge < -0.3 is 19.9 Å². The summed E-state index contributed by atoms with van der Waals surface area (Å²) in [6, 6.07) is 9.71. The molecule has 168 valence electrons. The number of rotatable bonds is 9. The third kappa shape index (κ3) is 5.79. The van der Waals surface area contributed by atoms with Crippen LogP contribution in [-0.4, -0.2) is 54.5 Å². The standard InChI is InChI=1S/C24H33N3O3S/c1-4-12-25-24(29)26(13-5-2)16-23(28)27-14-10-22-19(11-15-31-22)20(27)17-30-21-9-7-6-8-18(21)3/h6-9,11,15,20H,4-5,10,12-14,16-17H2,1-3H3,(H,25,29).